The zero-order valence-electron chi connectivity index (χ0n) is 35.4. The third-order valence-corrected chi connectivity index (χ3v) is 13.7. The molecule has 0 unspecified atom stereocenters. The molecule has 13 rings (SSSR count). The largest absolute Gasteiger partial charge is 0.436 e. The Morgan fingerprint density at radius 1 is 0.462 bits per heavy atom. The first-order chi connectivity index (χ1) is 32.2. The van der Waals surface area contributed by atoms with E-state index in [0.717, 1.165) is 22.3 Å². The summed E-state index contributed by atoms with van der Waals surface area (Å²) in [4.78, 5) is 18.0. The predicted molar refractivity (Wildman–Crippen MR) is 268 cm³/mol. The zero-order valence-corrected chi connectivity index (χ0v) is 35.4. The first kappa shape index (κ1) is 37.3. The van der Waals surface area contributed by atoms with Gasteiger partial charge in [-0.25, -0.2) is 15.0 Å². The van der Waals surface area contributed by atoms with Gasteiger partial charge in [-0.05, 0) is 61.6 Å². The summed E-state index contributed by atoms with van der Waals surface area (Å²) in [6, 6.07) is 73.7. The number of rotatable bonds is 6. The van der Waals surface area contributed by atoms with Crippen LogP contribution in [0.4, 0.5) is 5.69 Å². The van der Waals surface area contributed by atoms with Crippen LogP contribution in [-0.4, -0.2) is 33.5 Å². The summed E-state index contributed by atoms with van der Waals surface area (Å²) in [6.45, 7) is -0.161. The van der Waals surface area contributed by atoms with Gasteiger partial charge in [0.25, 0.3) is 0 Å². The Kier molecular flexibility index (Phi) is 8.56. The molecule has 7 heteroatoms. The lowest BCUT2D eigenvalue weighted by Gasteiger charge is -2.48. The van der Waals surface area contributed by atoms with Crippen molar-refractivity contribution in [1.29, 1.82) is 0 Å². The van der Waals surface area contributed by atoms with E-state index in [1.54, 1.807) is 0 Å². The summed E-state index contributed by atoms with van der Waals surface area (Å²) in [5, 5.41) is 2.41. The topological polar surface area (TPSA) is 45.2 Å². The molecule has 1 aliphatic carbocycles. The fourth-order valence-corrected chi connectivity index (χ4v) is 10.7. The van der Waals surface area contributed by atoms with Gasteiger partial charge in [0.05, 0.1) is 5.41 Å². The number of allylic oxidation sites excluding steroid dienone is 4. The molecule has 5 nitrogen and oxygen atoms in total. The van der Waals surface area contributed by atoms with Crippen molar-refractivity contribution >= 4 is 46.9 Å². The Balaban J connectivity index is 0.989. The van der Waals surface area contributed by atoms with E-state index < -0.39 is 5.41 Å². The molecule has 0 spiro atoms. The molecule has 0 fully saturated rings. The van der Waals surface area contributed by atoms with Crippen LogP contribution in [0.5, 0.6) is 0 Å². The van der Waals surface area contributed by atoms with Gasteiger partial charge >= 0.3 is 13.8 Å². The molecule has 4 heterocycles. The van der Waals surface area contributed by atoms with Crippen molar-refractivity contribution < 1.29 is 0 Å². The molecule has 0 amide bonds. The predicted octanol–water partition coefficient (Wildman–Crippen LogP) is 11.9. The Labute approximate surface area is 379 Å². The van der Waals surface area contributed by atoms with Gasteiger partial charge in [0.1, 0.15) is 0 Å². The SMILES string of the molecule is C1=CC(c2nc(-c3ccccc3)nc(-c3ccc(-c4ccccc4)cc3)n2)=CN2B1N1C=C3C(=CB1c1ccc4ccccc4c12)C(c1ccccc1)(c1ccccc1)c1ccccc13. The molecule has 0 saturated heterocycles. The lowest BCUT2D eigenvalue weighted by molar-refractivity contribution is 0.763. The average Bonchev–Trinajstić information content (AvgIpc) is 3.68. The number of benzene rings is 8. The van der Waals surface area contributed by atoms with E-state index in [2.05, 4.69) is 222 Å². The molecule has 0 N–H and O–H groups in total. The van der Waals surface area contributed by atoms with Crippen LogP contribution in [0.3, 0.4) is 0 Å². The van der Waals surface area contributed by atoms with Gasteiger partial charge in [-0.1, -0.05) is 224 Å². The number of aromatic nitrogens is 3. The maximum atomic E-state index is 5.23. The minimum atomic E-state index is -0.491. The molecule has 0 radical (unpaired) electrons. The van der Waals surface area contributed by atoms with Gasteiger partial charge in [-0.15, -0.1) is 0 Å². The summed E-state index contributed by atoms with van der Waals surface area (Å²) in [5.41, 5.74) is 14.7. The van der Waals surface area contributed by atoms with E-state index in [-0.39, 0.29) is 13.8 Å². The lowest BCUT2D eigenvalue weighted by Crippen LogP contribution is -2.65. The number of fused-ring (bicyclic) bond motifs is 11. The smallest absolute Gasteiger partial charge is 0.395 e. The Morgan fingerprint density at radius 3 is 1.72 bits per heavy atom. The highest BCUT2D eigenvalue weighted by Crippen LogP contribution is 2.58. The van der Waals surface area contributed by atoms with Gasteiger partial charge in [0, 0.05) is 34.0 Å². The molecular formula is C58H39B2N5. The van der Waals surface area contributed by atoms with Crippen LogP contribution < -0.4 is 10.3 Å². The normalized spacial score (nSPS) is 15.3. The molecule has 65 heavy (non-hydrogen) atoms. The van der Waals surface area contributed by atoms with Gasteiger partial charge in [-0.2, -0.15) is 0 Å². The molecule has 1 aromatic heterocycles. The first-order valence-electron chi connectivity index (χ1n) is 22.3. The number of hydrogen-bond donors (Lipinski definition) is 0. The van der Waals surface area contributed by atoms with Crippen LogP contribution >= 0.6 is 0 Å². The zero-order chi connectivity index (χ0) is 42.9. The highest BCUT2D eigenvalue weighted by molar-refractivity contribution is 6.91. The molecule has 0 atom stereocenters. The second-order valence-corrected chi connectivity index (χ2v) is 17.1. The Morgan fingerprint density at radius 2 is 1.02 bits per heavy atom. The summed E-state index contributed by atoms with van der Waals surface area (Å²) in [7, 11) is 0. The van der Waals surface area contributed by atoms with Crippen molar-refractivity contribution in [2.75, 3.05) is 4.81 Å². The third-order valence-electron chi connectivity index (χ3n) is 13.7. The lowest BCUT2D eigenvalue weighted by atomic mass is 9.41. The Bertz CT molecular complexity index is 3400. The minimum Gasteiger partial charge on any atom is -0.436 e. The third kappa shape index (κ3) is 5.86. The standard InChI is InChI=1S/C58H39B2N5/c1-5-17-40(18-6-1)41-29-31-44(32-30-41)56-61-55(43-20-7-2-8-21-43)62-57(63-56)45-35-36-60-64(38-45)54-48-26-14-13-19-42(48)33-34-53(54)59-37-52-50(39-65(59)60)49-27-15-16-28-51(49)58(52,46-22-9-3-10-23-46)47-24-11-4-12-25-47/h1-39H. The number of hydrogen-bond acceptors (Lipinski definition) is 5. The summed E-state index contributed by atoms with van der Waals surface area (Å²) >= 11 is 0. The quantitative estimate of drug-likeness (QED) is 0.156. The highest BCUT2D eigenvalue weighted by atomic mass is 15.2. The maximum Gasteiger partial charge on any atom is 0.395 e. The van der Waals surface area contributed by atoms with E-state index >= 15 is 0 Å². The molecule has 302 valence electrons. The molecule has 4 aliphatic rings. The van der Waals surface area contributed by atoms with Crippen LogP contribution in [0.15, 0.2) is 242 Å². The molecule has 0 bridgehead atoms. The fourth-order valence-electron chi connectivity index (χ4n) is 10.7. The van der Waals surface area contributed by atoms with Crippen molar-refractivity contribution in [3.8, 4) is 33.9 Å². The first-order valence-corrected chi connectivity index (χ1v) is 22.3. The average molecular weight is 828 g/mol. The van der Waals surface area contributed by atoms with Gasteiger partial charge < -0.3 is 9.53 Å². The minimum absolute atomic E-state index is 0.0392. The fraction of sp³-hybridized carbons (Fsp3) is 0.0172. The van der Waals surface area contributed by atoms with Crippen molar-refractivity contribution in [3.63, 3.8) is 0 Å². The van der Waals surface area contributed by atoms with Crippen LogP contribution in [0.2, 0.25) is 0 Å². The van der Waals surface area contributed by atoms with E-state index in [0.29, 0.717) is 17.5 Å². The van der Waals surface area contributed by atoms with E-state index in [1.807, 2.05) is 24.3 Å². The van der Waals surface area contributed by atoms with Crippen LogP contribution in [0.25, 0.3) is 55.8 Å². The van der Waals surface area contributed by atoms with E-state index in [4.69, 9.17) is 15.0 Å². The molecule has 9 aromatic rings. The van der Waals surface area contributed by atoms with Crippen molar-refractivity contribution in [2.24, 2.45) is 0 Å². The summed E-state index contributed by atoms with van der Waals surface area (Å²) in [6.07, 6.45) is 6.91. The van der Waals surface area contributed by atoms with Gasteiger partial charge in [0.15, 0.2) is 17.5 Å². The van der Waals surface area contributed by atoms with Crippen molar-refractivity contribution in [1.82, 2.24) is 19.7 Å². The summed E-state index contributed by atoms with van der Waals surface area (Å²) in [5.74, 6) is 6.79. The number of nitrogens with zero attached hydrogens (tertiary/aromatic N) is 5. The van der Waals surface area contributed by atoms with Crippen molar-refractivity contribution in [2.45, 2.75) is 5.41 Å². The second-order valence-electron chi connectivity index (χ2n) is 17.1. The Hall–Kier alpha value is -8.28. The maximum absolute atomic E-state index is 5.23. The van der Waals surface area contributed by atoms with Crippen LogP contribution in [-0.2, 0) is 5.41 Å². The summed E-state index contributed by atoms with van der Waals surface area (Å²) < 4.78 is 2.55. The molecule has 8 aromatic carbocycles. The van der Waals surface area contributed by atoms with Crippen LogP contribution in [0.1, 0.15) is 28.1 Å². The van der Waals surface area contributed by atoms with Crippen LogP contribution in [0, 0.1) is 0 Å². The van der Waals surface area contributed by atoms with E-state index in [9.17, 15) is 0 Å². The molecule has 0 saturated carbocycles. The van der Waals surface area contributed by atoms with Crippen molar-refractivity contribution in [3.05, 3.63) is 270 Å². The number of anilines is 1. The van der Waals surface area contributed by atoms with Gasteiger partial charge in [0.2, 0.25) is 0 Å². The van der Waals surface area contributed by atoms with E-state index in [1.165, 1.54) is 60.9 Å². The van der Waals surface area contributed by atoms with Gasteiger partial charge in [-0.3, -0.25) is 0 Å². The molecular weight excluding hydrogens is 788 g/mol. The highest BCUT2D eigenvalue weighted by Gasteiger charge is 2.53. The molecule has 3 aliphatic heterocycles. The monoisotopic (exact) mass is 827 g/mol. The second kappa shape index (κ2) is 14.9.